The molecule has 2 aromatic carbocycles. The smallest absolute Gasteiger partial charge is 0.333 e. The summed E-state index contributed by atoms with van der Waals surface area (Å²) < 4.78 is 1.47. The van der Waals surface area contributed by atoms with E-state index in [-0.39, 0.29) is 23.1 Å². The van der Waals surface area contributed by atoms with Gasteiger partial charge < -0.3 is 15.0 Å². The van der Waals surface area contributed by atoms with E-state index in [1.165, 1.54) is 4.57 Å². The van der Waals surface area contributed by atoms with E-state index >= 15 is 0 Å². The second kappa shape index (κ2) is 7.10. The fourth-order valence-electron chi connectivity index (χ4n) is 3.68. The molecule has 1 aliphatic heterocycles. The predicted octanol–water partition coefficient (Wildman–Crippen LogP) is 2.76. The first-order valence-corrected chi connectivity index (χ1v) is 9.29. The summed E-state index contributed by atoms with van der Waals surface area (Å²) in [5.74, 6) is -0.156. The molecule has 0 aliphatic carbocycles. The summed E-state index contributed by atoms with van der Waals surface area (Å²) in [6.07, 6.45) is 1.74. The lowest BCUT2D eigenvalue weighted by Gasteiger charge is -2.17. The first kappa shape index (κ1) is 18.8. The number of benzene rings is 2. The van der Waals surface area contributed by atoms with Gasteiger partial charge in [0.05, 0.1) is 17.3 Å². The molecule has 1 aromatic heterocycles. The number of aromatic nitrogens is 1. The topological polar surface area (TPSA) is 95.4 Å². The first-order chi connectivity index (χ1) is 13.9. The van der Waals surface area contributed by atoms with Crippen LogP contribution in [0.1, 0.15) is 28.3 Å². The average Bonchev–Trinajstić information content (AvgIpc) is 2.90. The number of fused-ring (bicyclic) bond motifs is 1. The van der Waals surface area contributed by atoms with Gasteiger partial charge in [-0.3, -0.25) is 10.2 Å². The molecule has 1 atom stereocenters. The Morgan fingerprint density at radius 1 is 1.07 bits per heavy atom. The van der Waals surface area contributed by atoms with Crippen molar-refractivity contribution in [2.45, 2.75) is 19.9 Å². The number of amides is 2. The lowest BCUT2D eigenvalue weighted by molar-refractivity contribution is 0.240. The lowest BCUT2D eigenvalue weighted by atomic mass is 9.97. The fourth-order valence-corrected chi connectivity index (χ4v) is 3.68. The minimum atomic E-state index is -0.515. The number of aromatic hydroxyl groups is 1. The minimum absolute atomic E-state index is 0.0559. The van der Waals surface area contributed by atoms with Crippen molar-refractivity contribution in [1.82, 2.24) is 20.7 Å². The van der Waals surface area contributed by atoms with Crippen molar-refractivity contribution in [2.75, 3.05) is 0 Å². The summed E-state index contributed by atoms with van der Waals surface area (Å²) in [6.45, 7) is 3.97. The highest BCUT2D eigenvalue weighted by Crippen LogP contribution is 2.31. The van der Waals surface area contributed by atoms with Crippen LogP contribution in [0.4, 0.5) is 4.79 Å². The molecule has 0 saturated carbocycles. The van der Waals surface area contributed by atoms with Gasteiger partial charge in [0.15, 0.2) is 0 Å². The van der Waals surface area contributed by atoms with Gasteiger partial charge in [-0.1, -0.05) is 35.9 Å². The number of nitrogens with zero attached hydrogens (tertiary/aromatic N) is 1. The minimum Gasteiger partial charge on any atom is -0.506 e. The van der Waals surface area contributed by atoms with E-state index in [2.05, 4.69) is 16.2 Å². The van der Waals surface area contributed by atoms with Crippen molar-refractivity contribution in [3.05, 3.63) is 81.1 Å². The molecule has 148 valence electrons. The van der Waals surface area contributed by atoms with Crippen molar-refractivity contribution in [1.29, 1.82) is 0 Å². The maximum Gasteiger partial charge on any atom is 0.333 e. The molecular weight excluding hydrogens is 368 g/mol. The Morgan fingerprint density at radius 2 is 1.83 bits per heavy atom. The van der Waals surface area contributed by atoms with Gasteiger partial charge in [0.25, 0.3) is 5.56 Å². The standard InChI is InChI=1S/C22H22N4O3/c1-12-8-9-13(2)15(10-12)16-11-17(23-22(29)25-24-16)19-20(27)14-6-4-5-7-18(14)26(3)21(19)28/h4-11,16,24,27H,1-3H3,(H2,23,25,29)/t16-/m1/s1. The van der Waals surface area contributed by atoms with E-state index < -0.39 is 11.6 Å². The summed E-state index contributed by atoms with van der Waals surface area (Å²) in [7, 11) is 1.64. The molecule has 4 rings (SSSR count). The molecule has 29 heavy (non-hydrogen) atoms. The zero-order chi connectivity index (χ0) is 20.7. The maximum absolute atomic E-state index is 13.1. The van der Waals surface area contributed by atoms with Crippen LogP contribution >= 0.6 is 0 Å². The van der Waals surface area contributed by atoms with Crippen molar-refractivity contribution in [3.63, 3.8) is 0 Å². The first-order valence-electron chi connectivity index (χ1n) is 9.29. The number of hydrazine groups is 1. The van der Waals surface area contributed by atoms with Crippen LogP contribution in [0.3, 0.4) is 0 Å². The van der Waals surface area contributed by atoms with Gasteiger partial charge in [-0.15, -0.1) is 0 Å². The third-order valence-corrected chi connectivity index (χ3v) is 5.24. The van der Waals surface area contributed by atoms with Crippen LogP contribution in [-0.4, -0.2) is 15.7 Å². The van der Waals surface area contributed by atoms with Gasteiger partial charge in [-0.05, 0) is 43.2 Å². The highest BCUT2D eigenvalue weighted by molar-refractivity contribution is 5.94. The average molecular weight is 390 g/mol. The summed E-state index contributed by atoms with van der Waals surface area (Å²) >= 11 is 0. The molecule has 1 aliphatic rings. The summed E-state index contributed by atoms with van der Waals surface area (Å²) in [5.41, 5.74) is 9.17. The van der Waals surface area contributed by atoms with Crippen LogP contribution in [0.15, 0.2) is 53.3 Å². The van der Waals surface area contributed by atoms with Crippen LogP contribution < -0.4 is 21.7 Å². The Hall–Kier alpha value is -3.58. The third-order valence-electron chi connectivity index (χ3n) is 5.24. The second-order valence-electron chi connectivity index (χ2n) is 7.25. The molecule has 0 fully saturated rings. The van der Waals surface area contributed by atoms with Crippen molar-refractivity contribution >= 4 is 22.6 Å². The second-order valence-corrected chi connectivity index (χ2v) is 7.25. The van der Waals surface area contributed by atoms with Crippen molar-refractivity contribution in [2.24, 2.45) is 7.05 Å². The monoisotopic (exact) mass is 390 g/mol. The largest absolute Gasteiger partial charge is 0.506 e. The van der Waals surface area contributed by atoms with E-state index in [1.807, 2.05) is 32.0 Å². The van der Waals surface area contributed by atoms with Crippen LogP contribution in [0.5, 0.6) is 5.75 Å². The third kappa shape index (κ3) is 3.25. The Labute approximate surface area is 167 Å². The van der Waals surface area contributed by atoms with Crippen molar-refractivity contribution < 1.29 is 9.90 Å². The lowest BCUT2D eigenvalue weighted by Crippen LogP contribution is -2.42. The molecule has 0 saturated heterocycles. The number of aryl methyl sites for hydroxylation is 3. The molecule has 0 spiro atoms. The van der Waals surface area contributed by atoms with E-state index in [9.17, 15) is 14.7 Å². The SMILES string of the molecule is Cc1ccc(C)c([C@H]2C=C(c3c(O)c4ccccc4n(C)c3=O)NC(=O)NN2)c1. The summed E-state index contributed by atoms with van der Waals surface area (Å²) in [4.78, 5) is 25.3. The number of hydrogen-bond acceptors (Lipinski definition) is 4. The van der Waals surface area contributed by atoms with E-state index in [4.69, 9.17) is 0 Å². The molecule has 3 aromatic rings. The number of rotatable bonds is 2. The van der Waals surface area contributed by atoms with E-state index in [1.54, 1.807) is 37.4 Å². The van der Waals surface area contributed by atoms with Crippen LogP contribution in [-0.2, 0) is 7.05 Å². The fraction of sp³-hybridized carbons (Fsp3) is 0.182. The zero-order valence-corrected chi connectivity index (χ0v) is 16.4. The van der Waals surface area contributed by atoms with Gasteiger partial charge in [0.1, 0.15) is 11.3 Å². The van der Waals surface area contributed by atoms with Crippen LogP contribution in [0.2, 0.25) is 0 Å². The molecule has 2 heterocycles. The van der Waals surface area contributed by atoms with Crippen LogP contribution in [0, 0.1) is 13.8 Å². The number of carbonyl (C=O) groups is 1. The molecule has 4 N–H and O–H groups in total. The van der Waals surface area contributed by atoms with Gasteiger partial charge >= 0.3 is 6.03 Å². The number of para-hydroxylation sites is 1. The number of hydrogen-bond donors (Lipinski definition) is 4. The molecule has 7 heteroatoms. The quantitative estimate of drug-likeness (QED) is 0.541. The molecule has 0 bridgehead atoms. The molecular formula is C22H22N4O3. The number of pyridine rings is 1. The Morgan fingerprint density at radius 3 is 2.62 bits per heavy atom. The molecule has 0 radical (unpaired) electrons. The van der Waals surface area contributed by atoms with Gasteiger partial charge in [0.2, 0.25) is 0 Å². The van der Waals surface area contributed by atoms with E-state index in [0.29, 0.717) is 10.9 Å². The highest BCUT2D eigenvalue weighted by Gasteiger charge is 2.24. The molecule has 7 nitrogen and oxygen atoms in total. The number of nitrogens with one attached hydrogen (secondary N) is 3. The van der Waals surface area contributed by atoms with Gasteiger partial charge in [0, 0.05) is 12.4 Å². The summed E-state index contributed by atoms with van der Waals surface area (Å²) in [5, 5.41) is 14.1. The van der Waals surface area contributed by atoms with E-state index in [0.717, 1.165) is 16.7 Å². The normalized spacial score (nSPS) is 16.7. The highest BCUT2D eigenvalue weighted by atomic mass is 16.3. The Bertz CT molecular complexity index is 1230. The van der Waals surface area contributed by atoms with Gasteiger partial charge in [-0.25, -0.2) is 10.2 Å². The van der Waals surface area contributed by atoms with Gasteiger partial charge in [-0.2, -0.15) is 0 Å². The number of carbonyl (C=O) groups excluding carboxylic acids is 1. The molecule has 0 unspecified atom stereocenters. The Kier molecular flexibility index (Phi) is 4.60. The molecule has 2 amide bonds. The Balaban J connectivity index is 1.95. The maximum atomic E-state index is 13.1. The van der Waals surface area contributed by atoms with Crippen LogP contribution in [0.25, 0.3) is 16.6 Å². The van der Waals surface area contributed by atoms with Crippen molar-refractivity contribution in [3.8, 4) is 5.75 Å². The predicted molar refractivity (Wildman–Crippen MR) is 112 cm³/mol. The summed E-state index contributed by atoms with van der Waals surface area (Å²) in [6, 6.07) is 12.2. The number of urea groups is 1. The zero-order valence-electron chi connectivity index (χ0n) is 16.4.